The lowest BCUT2D eigenvalue weighted by Crippen LogP contribution is -2.35. The summed E-state index contributed by atoms with van der Waals surface area (Å²) in [6.07, 6.45) is 1.39. The number of phenolic OH excluding ortho intramolecular Hbond substituents is 1. The van der Waals surface area contributed by atoms with Gasteiger partial charge in [-0.25, -0.2) is 4.31 Å². The van der Waals surface area contributed by atoms with E-state index < -0.39 is 16.1 Å². The van der Waals surface area contributed by atoms with Crippen molar-refractivity contribution < 1.29 is 23.1 Å². The Morgan fingerprint density at radius 3 is 2.52 bits per heavy atom. The molecule has 0 atom stereocenters. The average molecular weight is 387 g/mol. The lowest BCUT2D eigenvalue weighted by atomic mass is 10.1. The standard InChI is InChI=1S/C18H17N3O5S/c1-21-17(18(23)19-13-4-3-5-14(22)10-13)11-16(20-27(21,24)25)12-6-8-15(26-2)9-7-12/h3-11,22H,1-2H3,(H,19,23). The number of allylic oxidation sites excluding steroid dienone is 1. The number of hydrogen-bond donors (Lipinski definition) is 2. The van der Waals surface area contributed by atoms with Crippen molar-refractivity contribution in [1.82, 2.24) is 4.31 Å². The molecule has 140 valence electrons. The van der Waals surface area contributed by atoms with Gasteiger partial charge in [0.2, 0.25) is 0 Å². The first-order chi connectivity index (χ1) is 12.8. The normalized spacial score (nSPS) is 15.6. The molecule has 0 saturated heterocycles. The summed E-state index contributed by atoms with van der Waals surface area (Å²) in [7, 11) is -1.29. The number of carbonyl (C=O) groups excluding carboxylic acids is 1. The molecule has 0 spiro atoms. The van der Waals surface area contributed by atoms with Crippen molar-refractivity contribution in [1.29, 1.82) is 0 Å². The fourth-order valence-electron chi connectivity index (χ4n) is 2.44. The number of benzene rings is 2. The molecule has 0 bridgehead atoms. The van der Waals surface area contributed by atoms with Gasteiger partial charge in [0.25, 0.3) is 5.91 Å². The minimum atomic E-state index is -4.06. The van der Waals surface area contributed by atoms with Gasteiger partial charge in [0, 0.05) is 24.4 Å². The number of methoxy groups -OCH3 is 1. The van der Waals surface area contributed by atoms with Crippen molar-refractivity contribution in [3.05, 3.63) is 65.9 Å². The monoisotopic (exact) mass is 387 g/mol. The molecule has 1 heterocycles. The number of likely N-dealkylation sites (N-methyl/N-ethyl adjacent to an activating group) is 1. The van der Waals surface area contributed by atoms with Gasteiger partial charge in [0.05, 0.1) is 12.8 Å². The molecule has 2 N–H and O–H groups in total. The Morgan fingerprint density at radius 1 is 1.19 bits per heavy atom. The smallest absolute Gasteiger partial charge is 0.345 e. The molecule has 0 radical (unpaired) electrons. The Labute approximate surface area is 156 Å². The molecule has 0 saturated carbocycles. The van der Waals surface area contributed by atoms with Gasteiger partial charge in [-0.2, -0.15) is 8.42 Å². The van der Waals surface area contributed by atoms with Crippen LogP contribution < -0.4 is 10.1 Å². The zero-order valence-electron chi connectivity index (χ0n) is 14.6. The van der Waals surface area contributed by atoms with E-state index in [9.17, 15) is 18.3 Å². The number of nitrogens with zero attached hydrogens (tertiary/aromatic N) is 2. The molecule has 9 heteroatoms. The number of nitrogens with one attached hydrogen (secondary N) is 1. The maximum Gasteiger partial charge on any atom is 0.345 e. The fourth-order valence-corrected chi connectivity index (χ4v) is 3.36. The van der Waals surface area contributed by atoms with Crippen molar-refractivity contribution in [3.63, 3.8) is 0 Å². The van der Waals surface area contributed by atoms with Gasteiger partial charge in [-0.15, -0.1) is 4.40 Å². The number of amides is 1. The van der Waals surface area contributed by atoms with E-state index in [1.54, 1.807) is 36.4 Å². The molecule has 1 amide bonds. The Bertz CT molecular complexity index is 1040. The van der Waals surface area contributed by atoms with Crippen LogP contribution in [-0.4, -0.2) is 43.6 Å². The van der Waals surface area contributed by atoms with Gasteiger partial charge in [-0.3, -0.25) is 4.79 Å². The highest BCUT2D eigenvalue weighted by atomic mass is 32.2. The molecule has 1 aliphatic heterocycles. The van der Waals surface area contributed by atoms with Gasteiger partial charge >= 0.3 is 10.2 Å². The van der Waals surface area contributed by atoms with E-state index in [0.29, 0.717) is 17.0 Å². The number of aromatic hydroxyl groups is 1. The molecule has 3 rings (SSSR count). The zero-order valence-corrected chi connectivity index (χ0v) is 15.4. The molecule has 1 aliphatic rings. The highest BCUT2D eigenvalue weighted by Gasteiger charge is 2.30. The van der Waals surface area contributed by atoms with Gasteiger partial charge in [-0.05, 0) is 42.5 Å². The van der Waals surface area contributed by atoms with Gasteiger partial charge in [-0.1, -0.05) is 6.07 Å². The molecule has 27 heavy (non-hydrogen) atoms. The maximum atomic E-state index is 12.6. The SMILES string of the molecule is COc1ccc(C2=NS(=O)(=O)N(C)C(C(=O)Nc3cccc(O)c3)=C2)cc1. The van der Waals surface area contributed by atoms with Crippen LogP contribution in [-0.2, 0) is 15.0 Å². The average Bonchev–Trinajstić information content (AvgIpc) is 2.63. The van der Waals surface area contributed by atoms with E-state index in [2.05, 4.69) is 9.71 Å². The first-order valence-electron chi connectivity index (χ1n) is 7.85. The number of anilines is 1. The number of carbonyl (C=O) groups is 1. The van der Waals surface area contributed by atoms with Crippen molar-refractivity contribution in [2.45, 2.75) is 0 Å². The summed E-state index contributed by atoms with van der Waals surface area (Å²) in [5.41, 5.74) is 0.895. The second-order valence-corrected chi connectivity index (χ2v) is 7.31. The predicted octanol–water partition coefficient (Wildman–Crippen LogP) is 1.90. The summed E-state index contributed by atoms with van der Waals surface area (Å²) in [5, 5.41) is 12.1. The molecule has 2 aromatic rings. The zero-order chi connectivity index (χ0) is 19.6. The Hall–Kier alpha value is -3.33. The Balaban J connectivity index is 1.96. The molecule has 2 aromatic carbocycles. The minimum absolute atomic E-state index is 0.0214. The van der Waals surface area contributed by atoms with Crippen LogP contribution in [0.3, 0.4) is 0 Å². The first kappa shape index (κ1) is 18.5. The van der Waals surface area contributed by atoms with Crippen LogP contribution in [0.1, 0.15) is 5.56 Å². The van der Waals surface area contributed by atoms with E-state index >= 15 is 0 Å². The first-order valence-corrected chi connectivity index (χ1v) is 9.25. The van der Waals surface area contributed by atoms with E-state index in [1.165, 1.54) is 32.4 Å². The number of hydrogen-bond acceptors (Lipinski definition) is 5. The van der Waals surface area contributed by atoms with E-state index in [1.807, 2.05) is 0 Å². The highest BCUT2D eigenvalue weighted by molar-refractivity contribution is 7.88. The minimum Gasteiger partial charge on any atom is -0.508 e. The van der Waals surface area contributed by atoms with E-state index in [0.717, 1.165) is 4.31 Å². The number of ether oxygens (including phenoxy) is 1. The molecule has 0 aromatic heterocycles. The van der Waals surface area contributed by atoms with Crippen LogP contribution in [0.25, 0.3) is 0 Å². The third-order valence-corrected chi connectivity index (χ3v) is 5.21. The van der Waals surface area contributed by atoms with E-state index in [-0.39, 0.29) is 17.2 Å². The van der Waals surface area contributed by atoms with Crippen LogP contribution >= 0.6 is 0 Å². The second-order valence-electron chi connectivity index (χ2n) is 5.68. The predicted molar refractivity (Wildman–Crippen MR) is 101 cm³/mol. The van der Waals surface area contributed by atoms with Crippen molar-refractivity contribution >= 4 is 27.5 Å². The topological polar surface area (TPSA) is 108 Å². The molecule has 0 fully saturated rings. The molecular formula is C18H17N3O5S. The van der Waals surface area contributed by atoms with Crippen LogP contribution in [0.2, 0.25) is 0 Å². The molecule has 0 unspecified atom stereocenters. The second kappa shape index (κ2) is 7.12. The third-order valence-electron chi connectivity index (χ3n) is 3.89. The largest absolute Gasteiger partial charge is 0.508 e. The van der Waals surface area contributed by atoms with Crippen LogP contribution in [0.5, 0.6) is 11.5 Å². The Morgan fingerprint density at radius 2 is 1.89 bits per heavy atom. The van der Waals surface area contributed by atoms with Gasteiger partial charge in [0.15, 0.2) is 0 Å². The van der Waals surface area contributed by atoms with Crippen LogP contribution in [0.4, 0.5) is 5.69 Å². The lowest BCUT2D eigenvalue weighted by Gasteiger charge is -2.23. The molecular weight excluding hydrogens is 370 g/mol. The van der Waals surface area contributed by atoms with Gasteiger partial charge in [0.1, 0.15) is 17.2 Å². The lowest BCUT2D eigenvalue weighted by molar-refractivity contribution is -0.113. The third kappa shape index (κ3) is 3.93. The van der Waals surface area contributed by atoms with Crippen molar-refractivity contribution in [2.24, 2.45) is 4.40 Å². The van der Waals surface area contributed by atoms with Crippen LogP contribution in [0, 0.1) is 0 Å². The molecule has 8 nitrogen and oxygen atoms in total. The molecule has 0 aliphatic carbocycles. The summed E-state index contributed by atoms with van der Waals surface area (Å²) in [6.45, 7) is 0. The van der Waals surface area contributed by atoms with E-state index in [4.69, 9.17) is 4.74 Å². The summed E-state index contributed by atoms with van der Waals surface area (Å²) in [6, 6.07) is 12.6. The fraction of sp³-hybridized carbons (Fsp3) is 0.111. The summed E-state index contributed by atoms with van der Waals surface area (Å²) in [4.78, 5) is 12.6. The van der Waals surface area contributed by atoms with Crippen molar-refractivity contribution in [2.75, 3.05) is 19.5 Å². The van der Waals surface area contributed by atoms with Crippen molar-refractivity contribution in [3.8, 4) is 11.5 Å². The maximum absolute atomic E-state index is 12.6. The van der Waals surface area contributed by atoms with Gasteiger partial charge < -0.3 is 15.2 Å². The summed E-state index contributed by atoms with van der Waals surface area (Å²) >= 11 is 0. The summed E-state index contributed by atoms with van der Waals surface area (Å²) < 4.78 is 34.4. The summed E-state index contributed by atoms with van der Waals surface area (Å²) in [5.74, 6) is -0.0552. The number of phenols is 1. The highest BCUT2D eigenvalue weighted by Crippen LogP contribution is 2.23. The Kier molecular flexibility index (Phi) is 4.87. The quantitative estimate of drug-likeness (QED) is 0.833. The van der Waals surface area contributed by atoms with Crippen LogP contribution in [0.15, 0.2) is 64.7 Å². The number of rotatable bonds is 4.